The Morgan fingerprint density at radius 1 is 1.05 bits per heavy atom. The lowest BCUT2D eigenvalue weighted by molar-refractivity contribution is 0.0936. The number of hydrogen-bond acceptors (Lipinski definition) is 2. The molecule has 2 aromatic rings. The van der Waals surface area contributed by atoms with Crippen LogP contribution >= 0.6 is 11.6 Å². The van der Waals surface area contributed by atoms with Gasteiger partial charge in [-0.25, -0.2) is 14.6 Å². The van der Waals surface area contributed by atoms with Crippen molar-refractivity contribution in [1.29, 1.82) is 0 Å². The quantitative estimate of drug-likeness (QED) is 0.761. The molecule has 22 heavy (non-hydrogen) atoms. The molecule has 7 heteroatoms. The van der Waals surface area contributed by atoms with Crippen LogP contribution in [0.1, 0.15) is 15.9 Å². The second kappa shape index (κ2) is 7.42. The zero-order valence-corrected chi connectivity index (χ0v) is 12.2. The molecule has 3 N–H and O–H groups in total. The summed E-state index contributed by atoms with van der Waals surface area (Å²) in [5, 5.41) is 3.00. The topological polar surface area (TPSA) is 70.2 Å². The second-order valence-electron chi connectivity index (χ2n) is 4.40. The molecule has 0 fully saturated rings. The van der Waals surface area contributed by atoms with Crippen LogP contribution in [0.15, 0.2) is 48.5 Å². The van der Waals surface area contributed by atoms with E-state index in [-0.39, 0.29) is 12.4 Å². The lowest BCUT2D eigenvalue weighted by Crippen LogP contribution is -2.46. The van der Waals surface area contributed by atoms with Gasteiger partial charge < -0.3 is 5.32 Å². The molecule has 3 amide bonds. The number of halogens is 2. The van der Waals surface area contributed by atoms with Crippen LogP contribution in [-0.4, -0.2) is 11.9 Å². The highest BCUT2D eigenvalue weighted by Gasteiger charge is 2.07. The van der Waals surface area contributed by atoms with E-state index >= 15 is 0 Å². The highest BCUT2D eigenvalue weighted by atomic mass is 35.5. The fourth-order valence-electron chi connectivity index (χ4n) is 1.66. The first-order valence-electron chi connectivity index (χ1n) is 6.39. The van der Waals surface area contributed by atoms with Gasteiger partial charge in [0, 0.05) is 17.1 Å². The van der Waals surface area contributed by atoms with Gasteiger partial charge >= 0.3 is 6.03 Å². The van der Waals surface area contributed by atoms with E-state index in [0.717, 1.165) is 0 Å². The average molecular weight is 322 g/mol. The summed E-state index contributed by atoms with van der Waals surface area (Å²) in [6.07, 6.45) is 0. The minimum absolute atomic E-state index is 0.139. The molecule has 0 aromatic heterocycles. The summed E-state index contributed by atoms with van der Waals surface area (Å²) in [5.74, 6) is -0.853. The maximum atomic E-state index is 13.0. The van der Waals surface area contributed by atoms with E-state index < -0.39 is 11.9 Å². The first-order chi connectivity index (χ1) is 10.5. The Hall–Kier alpha value is -2.60. The predicted octanol–water partition coefficient (Wildman–Crippen LogP) is 2.62. The monoisotopic (exact) mass is 321 g/mol. The first kappa shape index (κ1) is 15.8. The fraction of sp³-hybridized carbons (Fsp3) is 0.0667. The van der Waals surface area contributed by atoms with Gasteiger partial charge in [-0.05, 0) is 42.0 Å². The lowest BCUT2D eigenvalue weighted by atomic mass is 10.2. The Kier molecular flexibility index (Phi) is 5.32. The molecule has 2 rings (SSSR count). The summed E-state index contributed by atoms with van der Waals surface area (Å²) in [5.41, 5.74) is 5.42. The highest BCUT2D eigenvalue weighted by Crippen LogP contribution is 2.09. The largest absolute Gasteiger partial charge is 0.333 e. The number of carbonyl (C=O) groups excluding carboxylic acids is 2. The molecule has 0 bridgehead atoms. The van der Waals surface area contributed by atoms with Crippen LogP contribution in [0.5, 0.6) is 0 Å². The van der Waals surface area contributed by atoms with Crippen LogP contribution in [0.2, 0.25) is 5.02 Å². The molecular formula is C15H13ClFN3O2. The van der Waals surface area contributed by atoms with Gasteiger partial charge in [0.05, 0.1) is 0 Å². The minimum Gasteiger partial charge on any atom is -0.333 e. The molecule has 0 saturated carbocycles. The van der Waals surface area contributed by atoms with Crippen molar-refractivity contribution in [3.63, 3.8) is 0 Å². The standard InChI is InChI=1S/C15H13ClFN3O2/c16-12-6-4-11(5-7-12)14(21)19-20-15(22)18-9-10-2-1-3-13(17)8-10/h1-8H,9H2,(H,19,21)(H2,18,20,22). The number of amides is 3. The van der Waals surface area contributed by atoms with E-state index in [0.29, 0.717) is 16.1 Å². The van der Waals surface area contributed by atoms with E-state index in [1.54, 1.807) is 24.3 Å². The summed E-state index contributed by atoms with van der Waals surface area (Å²) >= 11 is 5.72. The third kappa shape index (κ3) is 4.75. The third-order valence-corrected chi connectivity index (χ3v) is 2.99. The van der Waals surface area contributed by atoms with E-state index in [4.69, 9.17) is 11.6 Å². The number of rotatable bonds is 3. The zero-order chi connectivity index (χ0) is 15.9. The Balaban J connectivity index is 1.78. The Morgan fingerprint density at radius 2 is 1.77 bits per heavy atom. The van der Waals surface area contributed by atoms with Gasteiger partial charge in [-0.3, -0.25) is 10.2 Å². The van der Waals surface area contributed by atoms with E-state index in [1.165, 1.54) is 24.3 Å². The molecule has 0 aliphatic heterocycles. The summed E-state index contributed by atoms with van der Waals surface area (Å²) in [6, 6.07) is 11.5. The Labute approximate surface area is 131 Å². The fourth-order valence-corrected chi connectivity index (χ4v) is 1.79. The van der Waals surface area contributed by atoms with Crippen LogP contribution in [0.3, 0.4) is 0 Å². The van der Waals surface area contributed by atoms with Gasteiger partial charge in [0.25, 0.3) is 5.91 Å². The molecule has 0 unspecified atom stereocenters. The molecule has 0 spiro atoms. The molecule has 5 nitrogen and oxygen atoms in total. The SMILES string of the molecule is O=C(NCc1cccc(F)c1)NNC(=O)c1ccc(Cl)cc1. The van der Waals surface area contributed by atoms with Gasteiger partial charge in [-0.15, -0.1) is 0 Å². The summed E-state index contributed by atoms with van der Waals surface area (Å²) in [6.45, 7) is 0.139. The molecule has 0 aliphatic rings. The molecule has 114 valence electrons. The maximum Gasteiger partial charge on any atom is 0.333 e. The highest BCUT2D eigenvalue weighted by molar-refractivity contribution is 6.30. The summed E-state index contributed by atoms with van der Waals surface area (Å²) in [7, 11) is 0. The third-order valence-electron chi connectivity index (χ3n) is 2.74. The van der Waals surface area contributed by atoms with Crippen LogP contribution in [0.4, 0.5) is 9.18 Å². The number of hydrazine groups is 1. The molecular weight excluding hydrogens is 309 g/mol. The van der Waals surface area contributed by atoms with Crippen molar-refractivity contribution in [2.24, 2.45) is 0 Å². The molecule has 0 saturated heterocycles. The number of nitrogens with one attached hydrogen (secondary N) is 3. The van der Waals surface area contributed by atoms with Crippen molar-refractivity contribution in [3.8, 4) is 0 Å². The summed E-state index contributed by atoms with van der Waals surface area (Å²) < 4.78 is 13.0. The van der Waals surface area contributed by atoms with E-state index in [1.807, 2.05) is 0 Å². The number of carbonyl (C=O) groups is 2. The minimum atomic E-state index is -0.605. The Bertz CT molecular complexity index is 677. The van der Waals surface area contributed by atoms with Crippen molar-refractivity contribution in [2.75, 3.05) is 0 Å². The van der Waals surface area contributed by atoms with Crippen LogP contribution in [0.25, 0.3) is 0 Å². The van der Waals surface area contributed by atoms with Gasteiger partial charge in [-0.2, -0.15) is 0 Å². The van der Waals surface area contributed by atoms with Crippen molar-refractivity contribution >= 4 is 23.5 Å². The van der Waals surface area contributed by atoms with Crippen molar-refractivity contribution in [1.82, 2.24) is 16.2 Å². The van der Waals surface area contributed by atoms with Crippen molar-refractivity contribution in [2.45, 2.75) is 6.54 Å². The van der Waals surface area contributed by atoms with Gasteiger partial charge in [0.1, 0.15) is 5.82 Å². The van der Waals surface area contributed by atoms with Crippen LogP contribution in [0, 0.1) is 5.82 Å². The predicted molar refractivity (Wildman–Crippen MR) is 80.7 cm³/mol. The van der Waals surface area contributed by atoms with Crippen molar-refractivity contribution in [3.05, 3.63) is 70.5 Å². The second-order valence-corrected chi connectivity index (χ2v) is 4.84. The molecule has 0 atom stereocenters. The number of hydrogen-bond donors (Lipinski definition) is 3. The van der Waals surface area contributed by atoms with Gasteiger partial charge in [0.2, 0.25) is 0 Å². The Morgan fingerprint density at radius 3 is 2.45 bits per heavy atom. The number of benzene rings is 2. The maximum absolute atomic E-state index is 13.0. The summed E-state index contributed by atoms with van der Waals surface area (Å²) in [4.78, 5) is 23.3. The molecule has 0 heterocycles. The average Bonchev–Trinajstić information content (AvgIpc) is 2.51. The normalized spacial score (nSPS) is 9.91. The van der Waals surface area contributed by atoms with Gasteiger partial charge in [-0.1, -0.05) is 23.7 Å². The first-order valence-corrected chi connectivity index (χ1v) is 6.76. The van der Waals surface area contributed by atoms with Gasteiger partial charge in [0.15, 0.2) is 0 Å². The number of urea groups is 1. The van der Waals surface area contributed by atoms with E-state index in [9.17, 15) is 14.0 Å². The molecule has 0 radical (unpaired) electrons. The van der Waals surface area contributed by atoms with Crippen LogP contribution < -0.4 is 16.2 Å². The zero-order valence-electron chi connectivity index (χ0n) is 11.4. The lowest BCUT2D eigenvalue weighted by Gasteiger charge is -2.09. The van der Waals surface area contributed by atoms with E-state index in [2.05, 4.69) is 16.2 Å². The smallest absolute Gasteiger partial charge is 0.333 e. The van der Waals surface area contributed by atoms with Crippen molar-refractivity contribution < 1.29 is 14.0 Å². The van der Waals surface area contributed by atoms with Crippen LogP contribution in [-0.2, 0) is 6.54 Å². The molecule has 0 aliphatic carbocycles. The molecule has 2 aromatic carbocycles.